The molecule has 0 atom stereocenters. The molecule has 0 amide bonds. The zero-order valence-electron chi connectivity index (χ0n) is 34.3. The van der Waals surface area contributed by atoms with Crippen molar-refractivity contribution < 1.29 is 21.0 Å². The Hall–Kier alpha value is -2.32. The van der Waals surface area contributed by atoms with Crippen LogP contribution in [0.5, 0.6) is 0 Å². The van der Waals surface area contributed by atoms with E-state index in [2.05, 4.69) is 182 Å². The summed E-state index contributed by atoms with van der Waals surface area (Å²) in [6.07, 6.45) is 9.35. The van der Waals surface area contributed by atoms with E-state index in [1.807, 2.05) is 0 Å². The minimum Gasteiger partial charge on any atom is -0.147 e. The molecule has 52 heavy (non-hydrogen) atoms. The molecule has 0 radical (unpaired) electrons. The van der Waals surface area contributed by atoms with E-state index in [4.69, 9.17) is 0 Å². The number of hydrogen-bond acceptors (Lipinski definition) is 0. The van der Waals surface area contributed by atoms with Crippen molar-refractivity contribution in [1.29, 1.82) is 0 Å². The fourth-order valence-corrected chi connectivity index (χ4v) is 21.4. The number of fused-ring (bicyclic) bond motifs is 3. The van der Waals surface area contributed by atoms with Gasteiger partial charge in [-0.2, -0.15) is 0 Å². The molecular weight excluding hydrogens is 838 g/mol. The van der Waals surface area contributed by atoms with Crippen LogP contribution in [0.4, 0.5) is 0 Å². The van der Waals surface area contributed by atoms with Crippen LogP contribution in [0, 0.1) is 13.8 Å². The maximum absolute atomic E-state index is 3.18. The van der Waals surface area contributed by atoms with Crippen LogP contribution >= 0.6 is 24.8 Å². The number of rotatable bonds is 4. The van der Waals surface area contributed by atoms with E-state index < -0.39 is 21.0 Å². The van der Waals surface area contributed by atoms with Crippen LogP contribution in [0.25, 0.3) is 11.1 Å². The minimum absolute atomic E-state index is 0. The van der Waals surface area contributed by atoms with Gasteiger partial charge in [-0.25, -0.2) is 0 Å². The molecule has 0 aromatic heterocycles. The van der Waals surface area contributed by atoms with Crippen LogP contribution < -0.4 is 3.32 Å². The summed E-state index contributed by atoms with van der Waals surface area (Å²) in [5.41, 5.74) is 17.8. The van der Waals surface area contributed by atoms with Crippen LogP contribution in [0.2, 0.25) is 0 Å². The number of halogens is 2. The molecule has 0 unspecified atom stereocenters. The topological polar surface area (TPSA) is 0 Å². The van der Waals surface area contributed by atoms with Gasteiger partial charge in [0.05, 0.1) is 0 Å². The normalized spacial score (nSPS) is 13.9. The molecule has 4 aromatic rings. The zero-order chi connectivity index (χ0) is 36.6. The van der Waals surface area contributed by atoms with Gasteiger partial charge in [0.1, 0.15) is 0 Å². The Kier molecular flexibility index (Phi) is 12.3. The van der Waals surface area contributed by atoms with Crippen molar-refractivity contribution in [3.05, 3.63) is 144 Å². The van der Waals surface area contributed by atoms with Crippen molar-refractivity contribution in [1.82, 2.24) is 0 Å². The van der Waals surface area contributed by atoms with Crippen LogP contribution in [0.3, 0.4) is 0 Å². The van der Waals surface area contributed by atoms with Crippen molar-refractivity contribution in [2.24, 2.45) is 0 Å². The molecule has 0 fully saturated rings. The third kappa shape index (κ3) is 8.18. The van der Waals surface area contributed by atoms with Crippen LogP contribution in [0.15, 0.2) is 88.3 Å². The van der Waals surface area contributed by atoms with Gasteiger partial charge in [-0.15, -0.1) is 24.8 Å². The van der Waals surface area contributed by atoms with Crippen molar-refractivity contribution >= 4 is 31.4 Å². The quantitative estimate of drug-likeness (QED) is 0.158. The number of benzene rings is 4. The van der Waals surface area contributed by atoms with E-state index in [1.54, 1.807) is 21.0 Å². The summed E-state index contributed by atoms with van der Waals surface area (Å²) in [6.45, 7) is 33.6. The number of aryl methyl sites for hydroxylation is 2. The van der Waals surface area contributed by atoms with Gasteiger partial charge in [-0.05, 0) is 0 Å². The second-order valence-electron chi connectivity index (χ2n) is 19.2. The first-order valence-corrected chi connectivity index (χ1v) is 24.2. The second kappa shape index (κ2) is 15.1. The number of hydrogen-bond donors (Lipinski definition) is 0. The Morgan fingerprint density at radius 3 is 1.44 bits per heavy atom. The van der Waals surface area contributed by atoms with E-state index >= 15 is 0 Å². The maximum Gasteiger partial charge on any atom is -0.147 e. The molecule has 0 saturated carbocycles. The first-order chi connectivity index (χ1) is 23.2. The first-order valence-electron chi connectivity index (χ1n) is 18.8. The van der Waals surface area contributed by atoms with Gasteiger partial charge >= 0.3 is 314 Å². The summed E-state index contributed by atoms with van der Waals surface area (Å²) in [6, 6.07) is 26.9. The molecular formula is C49H62Cl2Hf. The molecule has 2 aliphatic carbocycles. The Balaban J connectivity index is 0.00000302. The third-order valence-corrected chi connectivity index (χ3v) is 22.1. The zero-order valence-corrected chi connectivity index (χ0v) is 39.5. The molecule has 0 heterocycles. The van der Waals surface area contributed by atoms with Crippen molar-refractivity contribution in [2.75, 3.05) is 0 Å². The Morgan fingerprint density at radius 2 is 1.02 bits per heavy atom. The molecule has 0 saturated heterocycles. The van der Waals surface area contributed by atoms with Gasteiger partial charge in [-0.1, -0.05) is 0 Å². The van der Waals surface area contributed by atoms with E-state index in [9.17, 15) is 0 Å². The second-order valence-corrected chi connectivity index (χ2v) is 27.8. The Morgan fingerprint density at radius 1 is 0.558 bits per heavy atom. The Labute approximate surface area is 336 Å². The van der Waals surface area contributed by atoms with Gasteiger partial charge in [0.2, 0.25) is 0 Å². The number of allylic oxidation sites excluding steroid dienone is 4. The summed E-state index contributed by atoms with van der Waals surface area (Å²) in [5, 5.41) is 0. The monoisotopic (exact) mass is 900 g/mol. The summed E-state index contributed by atoms with van der Waals surface area (Å²) in [4.78, 5) is 0. The van der Waals surface area contributed by atoms with Crippen LogP contribution in [-0.4, -0.2) is 3.26 Å². The van der Waals surface area contributed by atoms with Gasteiger partial charge < -0.3 is 0 Å². The van der Waals surface area contributed by atoms with Crippen molar-refractivity contribution in [3.8, 4) is 11.1 Å². The van der Waals surface area contributed by atoms with E-state index in [1.165, 1.54) is 55.6 Å². The van der Waals surface area contributed by atoms with E-state index in [0.717, 1.165) is 12.8 Å². The van der Waals surface area contributed by atoms with Gasteiger partial charge in [0, 0.05) is 0 Å². The molecule has 276 valence electrons. The average molecular weight is 900 g/mol. The molecule has 0 N–H and O–H groups in total. The smallest absolute Gasteiger partial charge is 0.147 e. The first kappa shape index (κ1) is 42.4. The fourth-order valence-electron chi connectivity index (χ4n) is 8.24. The van der Waals surface area contributed by atoms with E-state index in [-0.39, 0.29) is 46.5 Å². The maximum atomic E-state index is 2.65. The summed E-state index contributed by atoms with van der Waals surface area (Å²) < 4.78 is 5.08. The van der Waals surface area contributed by atoms with Gasteiger partial charge in [0.15, 0.2) is 0 Å². The summed E-state index contributed by atoms with van der Waals surface area (Å²) in [7, 11) is 0. The predicted octanol–water partition coefficient (Wildman–Crippen LogP) is 13.3. The summed E-state index contributed by atoms with van der Waals surface area (Å²) >= 11 is -3.18. The standard InChI is InChI=1S/C29H41.C15H14.C5H5.2ClH.Hf/c1-26(2,3)22-14-18-13-19-15-23(27(4,5)6)25(29(10,11)12)17-21(19)20(18)16-24(22)28(7,8)9;1-12-3-7-14(8-4-12)11-15-9-5-13(2)6-10-15;1-2-4-5-3-1;;;/h14,16-17H,13H2,1-12H3;3-10H,1-2H3;1-3H,4H2;2*1H;. The van der Waals surface area contributed by atoms with Crippen LogP contribution in [-0.2, 0) is 49.0 Å². The molecule has 0 aliphatic heterocycles. The molecule has 3 heteroatoms. The molecule has 4 aromatic carbocycles. The predicted molar refractivity (Wildman–Crippen MR) is 231 cm³/mol. The molecule has 0 bridgehead atoms. The largest absolute Gasteiger partial charge is 0.147 e. The van der Waals surface area contributed by atoms with Crippen molar-refractivity contribution in [2.45, 2.75) is 131 Å². The Bertz CT molecular complexity index is 2010. The molecule has 0 spiro atoms. The molecule has 0 nitrogen and oxygen atoms in total. The molecule has 2 aliphatic rings. The van der Waals surface area contributed by atoms with Gasteiger partial charge in [-0.3, -0.25) is 0 Å². The summed E-state index contributed by atoms with van der Waals surface area (Å²) in [5.74, 6) is 0. The van der Waals surface area contributed by atoms with E-state index in [0.29, 0.717) is 0 Å². The SMILES string of the molecule is Cc1ccc([C](c2ccc(C)cc2)=[Hf]([C]2=CC=CC2)[c]2c3c(cc(C(C)(C)C)c2C(C)(C)C)-c2cc(C(C)(C)C)c(C(C)(C)C)cc2C3)cc1.Cl.Cl. The fraction of sp³-hybridized carbons (Fsp3) is 0.408. The third-order valence-electron chi connectivity index (χ3n) is 10.8. The van der Waals surface area contributed by atoms with Gasteiger partial charge in [0.25, 0.3) is 0 Å². The minimum atomic E-state index is -3.18. The van der Waals surface area contributed by atoms with Crippen molar-refractivity contribution in [3.63, 3.8) is 0 Å². The van der Waals surface area contributed by atoms with Crippen LogP contribution in [0.1, 0.15) is 145 Å². The average Bonchev–Trinajstić information content (AvgIpc) is 3.66. The molecule has 6 rings (SSSR count).